The first-order chi connectivity index (χ1) is 8.63. The molecule has 0 aromatic heterocycles. The number of amides is 1. The number of anilines is 1. The number of hydrogen-bond donors (Lipinski definition) is 1. The van der Waals surface area contributed by atoms with E-state index in [1.54, 1.807) is 0 Å². The van der Waals surface area contributed by atoms with Crippen molar-refractivity contribution >= 4 is 11.6 Å². The van der Waals surface area contributed by atoms with Crippen molar-refractivity contribution in [1.29, 1.82) is 0 Å². The Kier molecular flexibility index (Phi) is 5.69. The van der Waals surface area contributed by atoms with Crippen molar-refractivity contribution in [3.63, 3.8) is 0 Å². The lowest BCUT2D eigenvalue weighted by Crippen LogP contribution is -2.36. The lowest BCUT2D eigenvalue weighted by Gasteiger charge is -2.26. The van der Waals surface area contributed by atoms with E-state index < -0.39 is 0 Å². The molecule has 0 radical (unpaired) electrons. The largest absolute Gasteiger partial charge is 0.385 e. The maximum atomic E-state index is 12.3. The van der Waals surface area contributed by atoms with Gasteiger partial charge in [0.05, 0.1) is 0 Å². The zero-order valence-corrected chi connectivity index (χ0v) is 11.9. The van der Waals surface area contributed by atoms with Gasteiger partial charge < -0.3 is 10.2 Å². The number of carbonyl (C=O) groups is 1. The number of rotatable bonds is 6. The maximum absolute atomic E-state index is 12.3. The summed E-state index contributed by atoms with van der Waals surface area (Å²) < 4.78 is 0. The molecule has 1 N–H and O–H groups in total. The molecule has 3 heteroatoms. The van der Waals surface area contributed by atoms with Crippen LogP contribution >= 0.6 is 0 Å². The van der Waals surface area contributed by atoms with E-state index in [9.17, 15) is 4.79 Å². The van der Waals surface area contributed by atoms with Gasteiger partial charge in [-0.05, 0) is 44.0 Å². The van der Waals surface area contributed by atoms with E-state index in [-0.39, 0.29) is 5.91 Å². The molecule has 1 amide bonds. The van der Waals surface area contributed by atoms with Crippen LogP contribution in [0.4, 0.5) is 5.69 Å². The number of nitrogens with zero attached hydrogens (tertiary/aromatic N) is 1. The zero-order valence-electron chi connectivity index (χ0n) is 11.9. The van der Waals surface area contributed by atoms with Gasteiger partial charge in [-0.1, -0.05) is 13.8 Å². The summed E-state index contributed by atoms with van der Waals surface area (Å²) in [6.45, 7) is 7.18. The Balaban J connectivity index is 2.77. The molecule has 0 aliphatic carbocycles. The van der Waals surface area contributed by atoms with Gasteiger partial charge in [0.15, 0.2) is 0 Å². The Hall–Kier alpha value is -1.51. The first kappa shape index (κ1) is 14.6. The van der Waals surface area contributed by atoms with Crippen LogP contribution in [-0.4, -0.2) is 30.4 Å². The Labute approximate surface area is 110 Å². The number of benzene rings is 1. The Morgan fingerprint density at radius 2 is 1.72 bits per heavy atom. The van der Waals surface area contributed by atoms with Crippen molar-refractivity contribution in [2.45, 2.75) is 39.7 Å². The van der Waals surface area contributed by atoms with E-state index in [0.717, 1.165) is 30.6 Å². The van der Waals surface area contributed by atoms with Crippen LogP contribution in [-0.2, 0) is 0 Å². The summed E-state index contributed by atoms with van der Waals surface area (Å²) in [6, 6.07) is 8.01. The highest BCUT2D eigenvalue weighted by atomic mass is 16.2. The minimum atomic E-state index is 0.103. The van der Waals surface area contributed by atoms with Gasteiger partial charge in [0.1, 0.15) is 0 Å². The molecule has 0 unspecified atom stereocenters. The Morgan fingerprint density at radius 3 is 2.17 bits per heavy atom. The van der Waals surface area contributed by atoms with Crippen LogP contribution in [0.2, 0.25) is 0 Å². The van der Waals surface area contributed by atoms with Crippen molar-refractivity contribution in [1.82, 2.24) is 4.90 Å². The van der Waals surface area contributed by atoms with Crippen LogP contribution in [0.15, 0.2) is 24.3 Å². The average Bonchev–Trinajstić information content (AvgIpc) is 2.40. The smallest absolute Gasteiger partial charge is 0.253 e. The lowest BCUT2D eigenvalue weighted by atomic mass is 10.1. The van der Waals surface area contributed by atoms with Gasteiger partial charge in [-0.15, -0.1) is 0 Å². The maximum Gasteiger partial charge on any atom is 0.253 e. The van der Waals surface area contributed by atoms with Gasteiger partial charge in [-0.3, -0.25) is 4.79 Å². The fourth-order valence-corrected chi connectivity index (χ4v) is 2.14. The Morgan fingerprint density at radius 1 is 1.17 bits per heavy atom. The quantitative estimate of drug-likeness (QED) is 0.837. The molecule has 1 aromatic rings. The van der Waals surface area contributed by atoms with Gasteiger partial charge in [0, 0.05) is 30.9 Å². The van der Waals surface area contributed by atoms with Crippen LogP contribution in [0.1, 0.15) is 44.0 Å². The van der Waals surface area contributed by atoms with Crippen LogP contribution in [0.5, 0.6) is 0 Å². The highest BCUT2D eigenvalue weighted by Gasteiger charge is 2.17. The molecule has 3 nitrogen and oxygen atoms in total. The number of hydrogen-bond acceptors (Lipinski definition) is 2. The molecular formula is C15H24N2O. The zero-order chi connectivity index (χ0) is 13.5. The first-order valence-corrected chi connectivity index (χ1v) is 6.75. The van der Waals surface area contributed by atoms with Gasteiger partial charge in [-0.2, -0.15) is 0 Å². The standard InChI is InChI=1S/C15H24N2O/c1-5-14(6-2)17(4)15(18)12-8-10-13(11-9-12)16-7-3/h8-11,14,16H,5-7H2,1-4H3. The van der Waals surface area contributed by atoms with E-state index in [0.29, 0.717) is 6.04 Å². The third kappa shape index (κ3) is 3.49. The van der Waals surface area contributed by atoms with Gasteiger partial charge in [-0.25, -0.2) is 0 Å². The molecule has 0 atom stereocenters. The predicted molar refractivity (Wildman–Crippen MR) is 77.1 cm³/mol. The molecule has 0 bridgehead atoms. The van der Waals surface area contributed by atoms with E-state index in [2.05, 4.69) is 26.1 Å². The molecule has 0 aliphatic heterocycles. The van der Waals surface area contributed by atoms with Crippen molar-refractivity contribution in [3.8, 4) is 0 Å². The summed E-state index contributed by atoms with van der Waals surface area (Å²) in [5.41, 5.74) is 1.81. The van der Waals surface area contributed by atoms with Crippen molar-refractivity contribution in [2.24, 2.45) is 0 Å². The Bertz CT molecular complexity index is 369. The van der Waals surface area contributed by atoms with Crippen LogP contribution < -0.4 is 5.32 Å². The fourth-order valence-electron chi connectivity index (χ4n) is 2.14. The number of nitrogens with one attached hydrogen (secondary N) is 1. The van der Waals surface area contributed by atoms with E-state index >= 15 is 0 Å². The van der Waals surface area contributed by atoms with Crippen LogP contribution in [0.3, 0.4) is 0 Å². The predicted octanol–water partition coefficient (Wildman–Crippen LogP) is 3.38. The minimum Gasteiger partial charge on any atom is -0.385 e. The molecule has 0 fully saturated rings. The van der Waals surface area contributed by atoms with Crippen LogP contribution in [0, 0.1) is 0 Å². The second kappa shape index (κ2) is 7.04. The second-order valence-electron chi connectivity index (χ2n) is 4.49. The molecule has 0 saturated carbocycles. The topological polar surface area (TPSA) is 32.3 Å². The van der Waals surface area contributed by atoms with Crippen molar-refractivity contribution in [2.75, 3.05) is 18.9 Å². The molecule has 0 saturated heterocycles. The second-order valence-corrected chi connectivity index (χ2v) is 4.49. The summed E-state index contributed by atoms with van der Waals surface area (Å²) >= 11 is 0. The van der Waals surface area contributed by atoms with E-state index in [4.69, 9.17) is 0 Å². The molecule has 0 spiro atoms. The molecular weight excluding hydrogens is 224 g/mol. The molecule has 0 heterocycles. The highest BCUT2D eigenvalue weighted by Crippen LogP contribution is 2.14. The SMILES string of the molecule is CCNc1ccc(C(=O)N(C)C(CC)CC)cc1. The first-order valence-electron chi connectivity index (χ1n) is 6.75. The monoisotopic (exact) mass is 248 g/mol. The minimum absolute atomic E-state index is 0.103. The molecule has 18 heavy (non-hydrogen) atoms. The van der Waals surface area contributed by atoms with E-state index in [1.165, 1.54) is 0 Å². The molecule has 1 aromatic carbocycles. The van der Waals surface area contributed by atoms with Crippen molar-refractivity contribution in [3.05, 3.63) is 29.8 Å². The summed E-state index contributed by atoms with van der Waals surface area (Å²) in [7, 11) is 1.89. The van der Waals surface area contributed by atoms with Gasteiger partial charge in [0.2, 0.25) is 0 Å². The van der Waals surface area contributed by atoms with Crippen LogP contribution in [0.25, 0.3) is 0 Å². The highest BCUT2D eigenvalue weighted by molar-refractivity contribution is 5.94. The summed E-state index contributed by atoms with van der Waals surface area (Å²) in [5, 5.41) is 3.22. The normalized spacial score (nSPS) is 10.5. The lowest BCUT2D eigenvalue weighted by molar-refractivity contribution is 0.0724. The average molecular weight is 248 g/mol. The molecule has 0 aliphatic rings. The van der Waals surface area contributed by atoms with E-state index in [1.807, 2.05) is 36.2 Å². The van der Waals surface area contributed by atoms with Gasteiger partial charge in [0.25, 0.3) is 5.91 Å². The van der Waals surface area contributed by atoms with Gasteiger partial charge >= 0.3 is 0 Å². The summed E-state index contributed by atoms with van der Waals surface area (Å²) in [5.74, 6) is 0.103. The third-order valence-electron chi connectivity index (χ3n) is 3.32. The van der Waals surface area contributed by atoms with Crippen molar-refractivity contribution < 1.29 is 4.79 Å². The third-order valence-corrected chi connectivity index (χ3v) is 3.32. The molecule has 1 rings (SSSR count). The number of carbonyl (C=O) groups excluding carboxylic acids is 1. The fraction of sp³-hybridized carbons (Fsp3) is 0.533. The summed E-state index contributed by atoms with van der Waals surface area (Å²) in [4.78, 5) is 14.1. The molecule has 100 valence electrons. The summed E-state index contributed by atoms with van der Waals surface area (Å²) in [6.07, 6.45) is 1.99.